The molecule has 0 radical (unpaired) electrons. The van der Waals surface area contributed by atoms with Crippen LogP contribution in [0, 0.1) is 11.8 Å². The molecule has 0 N–H and O–H groups in total. The second-order valence-electron chi connectivity index (χ2n) is 7.53. The van der Waals surface area contributed by atoms with Gasteiger partial charge in [0.2, 0.25) is 0 Å². The first-order valence-electron chi connectivity index (χ1n) is 8.92. The normalized spacial score (nSPS) is 33.0. The lowest BCUT2D eigenvalue weighted by Gasteiger charge is -2.39. The van der Waals surface area contributed by atoms with Crippen LogP contribution in [0.5, 0.6) is 0 Å². The predicted molar refractivity (Wildman–Crippen MR) is 86.6 cm³/mol. The van der Waals surface area contributed by atoms with Gasteiger partial charge < -0.3 is 0 Å². The molecule has 5 rings (SSSR count). The fourth-order valence-corrected chi connectivity index (χ4v) is 5.28. The summed E-state index contributed by atoms with van der Waals surface area (Å²) in [5.41, 5.74) is 2.22. The van der Waals surface area contributed by atoms with Gasteiger partial charge >= 0.3 is 0 Å². The zero-order valence-electron chi connectivity index (χ0n) is 13.1. The first-order valence-corrected chi connectivity index (χ1v) is 8.92. The quantitative estimate of drug-likeness (QED) is 0.853. The fraction of sp³-hybridized carbons (Fsp3) is 0.667. The molecule has 1 aromatic carbocycles. The van der Waals surface area contributed by atoms with Gasteiger partial charge in [-0.2, -0.15) is 0 Å². The molecule has 116 valence electrons. The first kappa shape index (κ1) is 13.1. The maximum atomic E-state index is 4.43. The number of para-hydroxylation sites is 1. The molecule has 0 spiro atoms. The number of rotatable bonds is 2. The number of likely N-dealkylation sites (tertiary alicyclic amines) is 1. The summed E-state index contributed by atoms with van der Waals surface area (Å²) in [6.07, 6.45) is 8.42. The van der Waals surface area contributed by atoms with E-state index in [1.165, 1.54) is 57.1 Å². The van der Waals surface area contributed by atoms with Crippen molar-refractivity contribution >= 4 is 11.0 Å². The lowest BCUT2D eigenvalue weighted by molar-refractivity contribution is 0.0964. The van der Waals surface area contributed by atoms with Crippen LogP contribution in [0.3, 0.4) is 0 Å². The Labute approximate surface area is 131 Å². The Hall–Kier alpha value is -1.42. The van der Waals surface area contributed by atoms with Crippen LogP contribution in [0.4, 0.5) is 0 Å². The smallest absolute Gasteiger partial charge is 0.113 e. The van der Waals surface area contributed by atoms with E-state index in [1.54, 1.807) is 0 Å². The summed E-state index contributed by atoms with van der Waals surface area (Å²) >= 11 is 0. The second-order valence-corrected chi connectivity index (χ2v) is 7.53. The van der Waals surface area contributed by atoms with Crippen LogP contribution in [0.15, 0.2) is 24.3 Å². The monoisotopic (exact) mass is 296 g/mol. The third-order valence-corrected chi connectivity index (χ3v) is 6.39. The molecule has 2 aliphatic carbocycles. The summed E-state index contributed by atoms with van der Waals surface area (Å²) in [4.78, 5) is 2.79. The third kappa shape index (κ3) is 2.00. The average Bonchev–Trinajstić information content (AvgIpc) is 3.30. The van der Waals surface area contributed by atoms with Gasteiger partial charge in [-0.3, -0.25) is 4.90 Å². The van der Waals surface area contributed by atoms with Crippen LogP contribution in [0.1, 0.15) is 44.6 Å². The molecular formula is C18H24N4. The van der Waals surface area contributed by atoms with E-state index in [0.717, 1.165) is 23.4 Å². The van der Waals surface area contributed by atoms with Crippen molar-refractivity contribution in [3.63, 3.8) is 0 Å². The maximum Gasteiger partial charge on any atom is 0.113 e. The number of fused-ring (bicyclic) bond motifs is 3. The van der Waals surface area contributed by atoms with E-state index >= 15 is 0 Å². The molecule has 3 fully saturated rings. The summed E-state index contributed by atoms with van der Waals surface area (Å²) in [6, 6.07) is 9.77. The first-order chi connectivity index (χ1) is 10.9. The minimum absolute atomic E-state index is 0.530. The van der Waals surface area contributed by atoms with Gasteiger partial charge in [-0.1, -0.05) is 23.8 Å². The van der Waals surface area contributed by atoms with Crippen molar-refractivity contribution in [1.29, 1.82) is 0 Å². The molecule has 2 aromatic rings. The highest BCUT2D eigenvalue weighted by molar-refractivity contribution is 5.73. The number of hydrogen-bond acceptors (Lipinski definition) is 3. The largest absolute Gasteiger partial charge is 0.300 e. The highest BCUT2D eigenvalue weighted by Crippen LogP contribution is 2.47. The SMILES string of the molecule is c1ccc2c(c1)nnn2C1CCN(C2CC3CCC2C3)CC1. The minimum atomic E-state index is 0.530. The van der Waals surface area contributed by atoms with Gasteiger partial charge in [0, 0.05) is 19.1 Å². The maximum absolute atomic E-state index is 4.43. The van der Waals surface area contributed by atoms with Gasteiger partial charge in [0.05, 0.1) is 11.6 Å². The van der Waals surface area contributed by atoms with E-state index in [9.17, 15) is 0 Å². The Kier molecular flexibility index (Phi) is 3.00. The van der Waals surface area contributed by atoms with Gasteiger partial charge in [-0.05, 0) is 56.1 Å². The summed E-state index contributed by atoms with van der Waals surface area (Å²) in [7, 11) is 0. The van der Waals surface area contributed by atoms with Crippen LogP contribution >= 0.6 is 0 Å². The van der Waals surface area contributed by atoms with E-state index in [0.29, 0.717) is 6.04 Å². The van der Waals surface area contributed by atoms with E-state index in [4.69, 9.17) is 0 Å². The van der Waals surface area contributed by atoms with Crippen LogP contribution < -0.4 is 0 Å². The van der Waals surface area contributed by atoms with Crippen LogP contribution in [0.25, 0.3) is 11.0 Å². The topological polar surface area (TPSA) is 34.0 Å². The molecule has 2 saturated carbocycles. The Morgan fingerprint density at radius 2 is 1.82 bits per heavy atom. The lowest BCUT2D eigenvalue weighted by atomic mass is 9.92. The number of piperidine rings is 1. The highest BCUT2D eigenvalue weighted by Gasteiger charge is 2.43. The van der Waals surface area contributed by atoms with E-state index in [-0.39, 0.29) is 0 Å². The molecule has 2 heterocycles. The predicted octanol–water partition coefficient (Wildman–Crippen LogP) is 3.26. The van der Waals surface area contributed by atoms with E-state index in [2.05, 4.69) is 38.1 Å². The summed E-state index contributed by atoms with van der Waals surface area (Å²) in [5, 5.41) is 8.75. The average molecular weight is 296 g/mol. The molecule has 3 aliphatic rings. The Bertz CT molecular complexity index is 671. The molecule has 4 nitrogen and oxygen atoms in total. The fourth-order valence-electron chi connectivity index (χ4n) is 5.28. The number of hydrogen-bond donors (Lipinski definition) is 0. The van der Waals surface area contributed by atoms with Crippen LogP contribution in [-0.4, -0.2) is 39.0 Å². The molecular weight excluding hydrogens is 272 g/mol. The van der Waals surface area contributed by atoms with Gasteiger partial charge in [0.15, 0.2) is 0 Å². The van der Waals surface area contributed by atoms with E-state index in [1.807, 2.05) is 6.07 Å². The number of benzene rings is 1. The molecule has 4 heteroatoms. The second kappa shape index (κ2) is 5.05. The highest BCUT2D eigenvalue weighted by atomic mass is 15.4. The van der Waals surface area contributed by atoms with Gasteiger partial charge in [0.25, 0.3) is 0 Å². The Balaban J connectivity index is 1.30. The zero-order chi connectivity index (χ0) is 14.5. The molecule has 1 saturated heterocycles. The number of nitrogens with zero attached hydrogens (tertiary/aromatic N) is 4. The molecule has 22 heavy (non-hydrogen) atoms. The van der Waals surface area contributed by atoms with Crippen molar-refractivity contribution in [3.05, 3.63) is 24.3 Å². The number of aromatic nitrogens is 3. The zero-order valence-corrected chi connectivity index (χ0v) is 13.1. The Morgan fingerprint density at radius 1 is 0.955 bits per heavy atom. The van der Waals surface area contributed by atoms with Crippen molar-refractivity contribution in [2.75, 3.05) is 13.1 Å². The molecule has 1 aliphatic heterocycles. The molecule has 2 bridgehead atoms. The third-order valence-electron chi connectivity index (χ3n) is 6.39. The molecule has 0 amide bonds. The molecule has 1 aromatic heterocycles. The molecule has 3 unspecified atom stereocenters. The van der Waals surface area contributed by atoms with Gasteiger partial charge in [0.1, 0.15) is 5.52 Å². The summed E-state index contributed by atoms with van der Waals surface area (Å²) in [5.74, 6) is 2.06. The summed E-state index contributed by atoms with van der Waals surface area (Å²) in [6.45, 7) is 2.49. The van der Waals surface area contributed by atoms with Gasteiger partial charge in [-0.25, -0.2) is 4.68 Å². The van der Waals surface area contributed by atoms with Crippen molar-refractivity contribution < 1.29 is 0 Å². The Morgan fingerprint density at radius 3 is 2.59 bits per heavy atom. The minimum Gasteiger partial charge on any atom is -0.300 e. The van der Waals surface area contributed by atoms with Crippen molar-refractivity contribution in [2.24, 2.45) is 11.8 Å². The molecule has 3 atom stereocenters. The van der Waals surface area contributed by atoms with Gasteiger partial charge in [-0.15, -0.1) is 5.10 Å². The summed E-state index contributed by atoms with van der Waals surface area (Å²) < 4.78 is 2.17. The van der Waals surface area contributed by atoms with Crippen molar-refractivity contribution in [3.8, 4) is 0 Å². The van der Waals surface area contributed by atoms with Crippen molar-refractivity contribution in [2.45, 2.75) is 50.6 Å². The van der Waals surface area contributed by atoms with E-state index < -0.39 is 0 Å². The lowest BCUT2D eigenvalue weighted by Crippen LogP contribution is -2.44. The van der Waals surface area contributed by atoms with Crippen LogP contribution in [0.2, 0.25) is 0 Å². The standard InChI is InChI=1S/C18H24N4/c1-2-4-17-16(3-1)19-20-22(17)15-7-9-21(10-8-15)18-12-13-5-6-14(18)11-13/h1-4,13-15,18H,5-12H2. The van der Waals surface area contributed by atoms with Crippen LogP contribution in [-0.2, 0) is 0 Å². The van der Waals surface area contributed by atoms with Crippen molar-refractivity contribution in [1.82, 2.24) is 19.9 Å².